The molecule has 2 N–H and O–H groups in total. The maximum absolute atomic E-state index is 14.0. The van der Waals surface area contributed by atoms with Gasteiger partial charge in [0, 0.05) is 43.9 Å². The minimum absolute atomic E-state index is 0.116. The number of carbonyl (C=O) groups is 2. The first-order chi connectivity index (χ1) is 19.1. The SMILES string of the molecule is CC(C)(C)OC(=O)N1CCC(CN(C(=O)c2ccc3c(c2)CCO3)c2ccnc(NC3CCC(O)CC3)n2)CC1. The predicted octanol–water partition coefficient (Wildman–Crippen LogP) is 4.42. The summed E-state index contributed by atoms with van der Waals surface area (Å²) >= 11 is 0. The van der Waals surface area contributed by atoms with Gasteiger partial charge in [-0.1, -0.05) is 0 Å². The number of aliphatic hydroxyl groups is 1. The van der Waals surface area contributed by atoms with E-state index in [2.05, 4.69) is 10.3 Å². The Morgan fingerprint density at radius 3 is 2.60 bits per heavy atom. The van der Waals surface area contributed by atoms with Crippen molar-refractivity contribution in [2.24, 2.45) is 5.92 Å². The Balaban J connectivity index is 1.32. The predicted molar refractivity (Wildman–Crippen MR) is 152 cm³/mol. The number of nitrogens with one attached hydrogen (secondary N) is 1. The molecule has 1 aliphatic carbocycles. The smallest absolute Gasteiger partial charge is 0.410 e. The average molecular weight is 552 g/mol. The van der Waals surface area contributed by atoms with Crippen LogP contribution in [0.25, 0.3) is 0 Å². The highest BCUT2D eigenvalue weighted by Gasteiger charge is 2.31. The zero-order valence-corrected chi connectivity index (χ0v) is 23.8. The number of hydrogen-bond acceptors (Lipinski definition) is 8. The Hall–Kier alpha value is -3.40. The molecule has 2 amide bonds. The Kier molecular flexibility index (Phi) is 8.44. The van der Waals surface area contributed by atoms with Crippen molar-refractivity contribution in [2.75, 3.05) is 36.5 Å². The number of aromatic nitrogens is 2. The molecule has 0 bridgehead atoms. The van der Waals surface area contributed by atoms with Crippen molar-refractivity contribution in [1.82, 2.24) is 14.9 Å². The third-order valence-electron chi connectivity index (χ3n) is 7.84. The number of piperidine rings is 1. The molecule has 216 valence electrons. The number of anilines is 2. The first kappa shape index (κ1) is 28.1. The van der Waals surface area contributed by atoms with Crippen molar-refractivity contribution in [3.8, 4) is 5.75 Å². The largest absolute Gasteiger partial charge is 0.493 e. The standard InChI is InChI=1S/C30H41N5O5/c1-30(2,3)40-29(38)34-15-11-20(12-16-34)19-35(27(37)22-4-9-25-21(18-22)13-17-39-25)26-10-14-31-28(33-26)32-23-5-7-24(36)8-6-23/h4,9-10,14,18,20,23-24,36H,5-8,11-13,15-17,19H2,1-3H3,(H,31,32,33). The second-order valence-corrected chi connectivity index (χ2v) is 12.1. The van der Waals surface area contributed by atoms with Gasteiger partial charge in [0.2, 0.25) is 5.95 Å². The lowest BCUT2D eigenvalue weighted by molar-refractivity contribution is 0.0185. The number of ether oxygens (including phenoxy) is 2. The normalized spacial score (nSPS) is 21.4. The second kappa shape index (κ2) is 12.0. The van der Waals surface area contributed by atoms with Gasteiger partial charge in [0.05, 0.1) is 12.7 Å². The molecule has 10 heteroatoms. The van der Waals surface area contributed by atoms with Crippen LogP contribution in [0.5, 0.6) is 5.75 Å². The van der Waals surface area contributed by atoms with E-state index >= 15 is 0 Å². The van der Waals surface area contributed by atoms with E-state index in [1.165, 1.54) is 0 Å². The number of carbonyl (C=O) groups excluding carboxylic acids is 2. The molecule has 0 radical (unpaired) electrons. The van der Waals surface area contributed by atoms with Crippen LogP contribution < -0.4 is 15.0 Å². The van der Waals surface area contributed by atoms with Gasteiger partial charge in [-0.25, -0.2) is 9.78 Å². The number of nitrogens with zero attached hydrogens (tertiary/aromatic N) is 4. The van der Waals surface area contributed by atoms with E-state index in [-0.39, 0.29) is 30.1 Å². The molecular weight excluding hydrogens is 510 g/mol. The lowest BCUT2D eigenvalue weighted by atomic mass is 9.93. The van der Waals surface area contributed by atoms with Crippen LogP contribution in [0, 0.1) is 5.92 Å². The molecule has 2 aliphatic heterocycles. The molecule has 5 rings (SSSR count). The van der Waals surface area contributed by atoms with E-state index in [9.17, 15) is 14.7 Å². The molecular formula is C30H41N5O5. The first-order valence-electron chi connectivity index (χ1n) is 14.5. The van der Waals surface area contributed by atoms with E-state index in [0.717, 1.165) is 56.3 Å². The van der Waals surface area contributed by atoms with E-state index in [4.69, 9.17) is 14.5 Å². The van der Waals surface area contributed by atoms with Crippen LogP contribution in [0.15, 0.2) is 30.5 Å². The van der Waals surface area contributed by atoms with Gasteiger partial charge in [0.25, 0.3) is 5.91 Å². The molecule has 3 heterocycles. The molecule has 40 heavy (non-hydrogen) atoms. The molecule has 2 fully saturated rings. The quantitative estimate of drug-likeness (QED) is 0.542. The van der Waals surface area contributed by atoms with Crippen LogP contribution in [-0.4, -0.2) is 76.0 Å². The first-order valence-corrected chi connectivity index (χ1v) is 14.5. The Labute approximate surface area is 236 Å². The Bertz CT molecular complexity index is 1200. The van der Waals surface area contributed by atoms with Crippen molar-refractivity contribution in [3.63, 3.8) is 0 Å². The molecule has 1 saturated heterocycles. The van der Waals surface area contributed by atoms with Gasteiger partial charge < -0.3 is 24.8 Å². The third kappa shape index (κ3) is 7.02. The number of hydrogen-bond donors (Lipinski definition) is 2. The summed E-state index contributed by atoms with van der Waals surface area (Å²) in [4.78, 5) is 39.2. The maximum Gasteiger partial charge on any atom is 0.410 e. The number of fused-ring (bicyclic) bond motifs is 1. The van der Waals surface area contributed by atoms with Gasteiger partial charge in [0.1, 0.15) is 17.2 Å². The number of amides is 2. The van der Waals surface area contributed by atoms with Crippen molar-refractivity contribution in [3.05, 3.63) is 41.6 Å². The lowest BCUT2D eigenvalue weighted by Gasteiger charge is -2.35. The summed E-state index contributed by atoms with van der Waals surface area (Å²) in [5.74, 6) is 1.95. The van der Waals surface area contributed by atoms with Gasteiger partial charge in [-0.15, -0.1) is 0 Å². The molecule has 0 unspecified atom stereocenters. The zero-order valence-electron chi connectivity index (χ0n) is 23.8. The van der Waals surface area contributed by atoms with Gasteiger partial charge in [-0.3, -0.25) is 9.69 Å². The zero-order chi connectivity index (χ0) is 28.3. The molecule has 0 atom stereocenters. The van der Waals surface area contributed by atoms with E-state index in [1.807, 2.05) is 39.0 Å². The average Bonchev–Trinajstić information content (AvgIpc) is 3.40. The fraction of sp³-hybridized carbons (Fsp3) is 0.600. The van der Waals surface area contributed by atoms with Crippen molar-refractivity contribution >= 4 is 23.8 Å². The molecule has 0 spiro atoms. The minimum atomic E-state index is -0.533. The summed E-state index contributed by atoms with van der Waals surface area (Å²) in [6, 6.07) is 7.59. The molecule has 1 aromatic carbocycles. The molecule has 10 nitrogen and oxygen atoms in total. The number of benzene rings is 1. The number of aliphatic hydroxyl groups excluding tert-OH is 1. The monoisotopic (exact) mass is 551 g/mol. The number of likely N-dealkylation sites (tertiary alicyclic amines) is 1. The van der Waals surface area contributed by atoms with Crippen molar-refractivity contribution in [2.45, 2.75) is 83.5 Å². The van der Waals surface area contributed by atoms with Crippen LogP contribution in [0.3, 0.4) is 0 Å². The van der Waals surface area contributed by atoms with E-state index in [0.29, 0.717) is 43.6 Å². The number of rotatable bonds is 6. The van der Waals surface area contributed by atoms with Gasteiger partial charge >= 0.3 is 6.09 Å². The summed E-state index contributed by atoms with van der Waals surface area (Å²) in [5, 5.41) is 13.3. The van der Waals surface area contributed by atoms with Crippen molar-refractivity contribution < 1.29 is 24.2 Å². The summed E-state index contributed by atoms with van der Waals surface area (Å²) in [6.07, 6.45) is 6.69. The lowest BCUT2D eigenvalue weighted by Crippen LogP contribution is -2.45. The van der Waals surface area contributed by atoms with Gasteiger partial charge in [0.15, 0.2) is 0 Å². The summed E-state index contributed by atoms with van der Waals surface area (Å²) in [5.41, 5.74) is 1.11. The minimum Gasteiger partial charge on any atom is -0.493 e. The van der Waals surface area contributed by atoms with Crippen LogP contribution in [0.1, 0.15) is 75.2 Å². The van der Waals surface area contributed by atoms with E-state index < -0.39 is 5.60 Å². The highest BCUT2D eigenvalue weighted by molar-refractivity contribution is 6.06. The fourth-order valence-corrected chi connectivity index (χ4v) is 5.61. The molecule has 1 saturated carbocycles. The van der Waals surface area contributed by atoms with Crippen molar-refractivity contribution in [1.29, 1.82) is 0 Å². The molecule has 3 aliphatic rings. The second-order valence-electron chi connectivity index (χ2n) is 12.1. The highest BCUT2D eigenvalue weighted by atomic mass is 16.6. The topological polar surface area (TPSA) is 117 Å². The Morgan fingerprint density at radius 2 is 1.88 bits per heavy atom. The van der Waals surface area contributed by atoms with Gasteiger partial charge in [-0.05, 0) is 95.0 Å². The maximum atomic E-state index is 14.0. The van der Waals surface area contributed by atoms with Crippen LogP contribution in [0.2, 0.25) is 0 Å². The van der Waals surface area contributed by atoms with E-state index in [1.54, 1.807) is 22.1 Å². The van der Waals surface area contributed by atoms with Gasteiger partial charge in [-0.2, -0.15) is 4.98 Å². The third-order valence-corrected chi connectivity index (χ3v) is 7.84. The Morgan fingerprint density at radius 1 is 1.12 bits per heavy atom. The van der Waals surface area contributed by atoms with Crippen LogP contribution >= 0.6 is 0 Å². The molecule has 1 aromatic heterocycles. The molecule has 2 aromatic rings. The summed E-state index contributed by atoms with van der Waals surface area (Å²) < 4.78 is 11.2. The summed E-state index contributed by atoms with van der Waals surface area (Å²) in [6.45, 7) is 7.90. The summed E-state index contributed by atoms with van der Waals surface area (Å²) in [7, 11) is 0. The van der Waals surface area contributed by atoms with Crippen LogP contribution in [-0.2, 0) is 11.2 Å². The highest BCUT2D eigenvalue weighted by Crippen LogP contribution is 2.29. The fourth-order valence-electron chi connectivity index (χ4n) is 5.61. The van der Waals surface area contributed by atoms with Crippen LogP contribution in [0.4, 0.5) is 16.6 Å².